The lowest BCUT2D eigenvalue weighted by molar-refractivity contribution is -0.137. The molecule has 1 aliphatic carbocycles. The molecule has 104 valence electrons. The van der Waals surface area contributed by atoms with Gasteiger partial charge in [-0.05, 0) is 26.2 Å². The number of amides is 2. The largest absolute Gasteiger partial charge is 0.481 e. The summed E-state index contributed by atoms with van der Waals surface area (Å²) >= 11 is 0. The minimum atomic E-state index is -0.849. The number of nitrogens with one attached hydrogen (secondary N) is 2. The van der Waals surface area contributed by atoms with Gasteiger partial charge in [0.05, 0.1) is 0 Å². The highest BCUT2D eigenvalue weighted by Crippen LogP contribution is 2.16. The van der Waals surface area contributed by atoms with E-state index in [9.17, 15) is 9.59 Å². The zero-order chi connectivity index (χ0) is 13.5. The second-order valence-electron chi connectivity index (χ2n) is 5.01. The molecule has 3 atom stereocenters. The van der Waals surface area contributed by atoms with Crippen molar-refractivity contribution >= 4 is 12.0 Å². The molecule has 0 aromatic carbocycles. The zero-order valence-electron chi connectivity index (χ0n) is 10.8. The summed E-state index contributed by atoms with van der Waals surface area (Å²) < 4.78 is 0. The van der Waals surface area contributed by atoms with E-state index in [2.05, 4.69) is 10.6 Å². The van der Waals surface area contributed by atoms with E-state index in [1.54, 1.807) is 6.92 Å². The molecule has 0 spiro atoms. The molecule has 6 heteroatoms. The van der Waals surface area contributed by atoms with Crippen LogP contribution < -0.4 is 16.4 Å². The van der Waals surface area contributed by atoms with Crippen molar-refractivity contribution in [1.82, 2.24) is 10.6 Å². The standard InChI is InChI=1S/C12H23N3O3/c1-8(6-7-11(16)17)14-12(18)15-10-5-3-2-4-9(10)13/h8-10H,2-7,13H2,1H3,(H,16,17)(H2,14,15,18). The molecule has 18 heavy (non-hydrogen) atoms. The molecular weight excluding hydrogens is 234 g/mol. The third-order valence-electron chi connectivity index (χ3n) is 3.30. The molecule has 1 saturated carbocycles. The van der Waals surface area contributed by atoms with E-state index in [4.69, 9.17) is 10.8 Å². The molecule has 0 aliphatic heterocycles. The van der Waals surface area contributed by atoms with Gasteiger partial charge in [-0.1, -0.05) is 12.8 Å². The molecule has 0 aromatic heterocycles. The van der Waals surface area contributed by atoms with E-state index in [1.165, 1.54) is 0 Å². The maximum Gasteiger partial charge on any atom is 0.315 e. The molecule has 0 saturated heterocycles. The predicted molar refractivity (Wildman–Crippen MR) is 68.2 cm³/mol. The van der Waals surface area contributed by atoms with Crippen molar-refractivity contribution in [2.24, 2.45) is 5.73 Å². The van der Waals surface area contributed by atoms with Crippen molar-refractivity contribution < 1.29 is 14.7 Å². The molecule has 3 unspecified atom stereocenters. The molecule has 1 fully saturated rings. The average molecular weight is 257 g/mol. The Kier molecular flexibility index (Phi) is 5.91. The van der Waals surface area contributed by atoms with Gasteiger partial charge in [0.25, 0.3) is 0 Å². The number of carbonyl (C=O) groups is 2. The highest BCUT2D eigenvalue weighted by atomic mass is 16.4. The van der Waals surface area contributed by atoms with E-state index in [0.717, 1.165) is 25.7 Å². The molecule has 6 nitrogen and oxygen atoms in total. The summed E-state index contributed by atoms with van der Waals surface area (Å²) in [5.41, 5.74) is 5.94. The Morgan fingerprint density at radius 1 is 1.39 bits per heavy atom. The van der Waals surface area contributed by atoms with Crippen molar-refractivity contribution in [2.45, 2.75) is 63.6 Å². The van der Waals surface area contributed by atoms with Gasteiger partial charge >= 0.3 is 12.0 Å². The van der Waals surface area contributed by atoms with E-state index in [0.29, 0.717) is 6.42 Å². The van der Waals surface area contributed by atoms with Gasteiger partial charge in [0, 0.05) is 24.5 Å². The smallest absolute Gasteiger partial charge is 0.315 e. The monoisotopic (exact) mass is 257 g/mol. The van der Waals surface area contributed by atoms with Crippen molar-refractivity contribution in [3.63, 3.8) is 0 Å². The SMILES string of the molecule is CC(CCC(=O)O)NC(=O)NC1CCCCC1N. The van der Waals surface area contributed by atoms with E-state index < -0.39 is 5.97 Å². The Balaban J connectivity index is 2.25. The van der Waals surface area contributed by atoms with Crippen LogP contribution in [-0.2, 0) is 4.79 Å². The van der Waals surface area contributed by atoms with Crippen LogP contribution in [0.2, 0.25) is 0 Å². The third-order valence-corrected chi connectivity index (χ3v) is 3.30. The average Bonchev–Trinajstić information content (AvgIpc) is 2.29. The summed E-state index contributed by atoms with van der Waals surface area (Å²) in [5.74, 6) is -0.849. The lowest BCUT2D eigenvalue weighted by atomic mass is 9.91. The number of urea groups is 1. The van der Waals surface area contributed by atoms with Crippen molar-refractivity contribution in [2.75, 3.05) is 0 Å². The van der Waals surface area contributed by atoms with Gasteiger partial charge in [0.2, 0.25) is 0 Å². The Bertz CT molecular complexity index is 296. The van der Waals surface area contributed by atoms with Crippen molar-refractivity contribution in [1.29, 1.82) is 0 Å². The lowest BCUT2D eigenvalue weighted by Gasteiger charge is -2.29. The number of hydrogen-bond donors (Lipinski definition) is 4. The van der Waals surface area contributed by atoms with Crippen LogP contribution in [0.3, 0.4) is 0 Å². The minimum absolute atomic E-state index is 0.0267. The van der Waals surface area contributed by atoms with Crippen LogP contribution in [-0.4, -0.2) is 35.2 Å². The number of rotatable bonds is 5. The molecule has 0 radical (unpaired) electrons. The van der Waals surface area contributed by atoms with E-state index in [-0.39, 0.29) is 30.6 Å². The molecule has 1 rings (SSSR count). The van der Waals surface area contributed by atoms with Gasteiger partial charge < -0.3 is 21.5 Å². The molecule has 0 aromatic rings. The number of carbonyl (C=O) groups excluding carboxylic acids is 1. The quantitative estimate of drug-likeness (QED) is 0.585. The summed E-state index contributed by atoms with van der Waals surface area (Å²) in [6.45, 7) is 1.79. The van der Waals surface area contributed by atoms with Crippen molar-refractivity contribution in [3.05, 3.63) is 0 Å². The van der Waals surface area contributed by atoms with Crippen LogP contribution in [0.1, 0.15) is 45.4 Å². The number of hydrogen-bond acceptors (Lipinski definition) is 3. The van der Waals surface area contributed by atoms with Crippen LogP contribution in [0, 0.1) is 0 Å². The molecular formula is C12H23N3O3. The maximum atomic E-state index is 11.7. The Labute approximate surface area is 107 Å². The van der Waals surface area contributed by atoms with E-state index in [1.807, 2.05) is 0 Å². The van der Waals surface area contributed by atoms with Crippen molar-refractivity contribution in [3.8, 4) is 0 Å². The first-order valence-electron chi connectivity index (χ1n) is 6.53. The van der Waals surface area contributed by atoms with Gasteiger partial charge in [-0.3, -0.25) is 4.79 Å². The topological polar surface area (TPSA) is 104 Å². The summed E-state index contributed by atoms with van der Waals surface area (Å²) in [4.78, 5) is 22.1. The molecule has 0 heterocycles. The van der Waals surface area contributed by atoms with E-state index >= 15 is 0 Å². The second-order valence-corrected chi connectivity index (χ2v) is 5.01. The summed E-state index contributed by atoms with van der Waals surface area (Å²) in [6, 6.07) is -0.347. The molecule has 2 amide bonds. The number of carboxylic acid groups (broad SMARTS) is 1. The fourth-order valence-corrected chi connectivity index (χ4v) is 2.18. The highest BCUT2D eigenvalue weighted by molar-refractivity contribution is 5.74. The van der Waals surface area contributed by atoms with Crippen LogP contribution in [0.25, 0.3) is 0 Å². The van der Waals surface area contributed by atoms with Gasteiger partial charge in [0.1, 0.15) is 0 Å². The molecule has 1 aliphatic rings. The fourth-order valence-electron chi connectivity index (χ4n) is 2.18. The van der Waals surface area contributed by atoms with Crippen LogP contribution in [0.5, 0.6) is 0 Å². The van der Waals surface area contributed by atoms with Gasteiger partial charge in [-0.15, -0.1) is 0 Å². The first-order chi connectivity index (χ1) is 8.49. The van der Waals surface area contributed by atoms with Gasteiger partial charge in [-0.25, -0.2) is 4.79 Å². The summed E-state index contributed by atoms with van der Waals surface area (Å²) in [7, 11) is 0. The predicted octanol–water partition coefficient (Wildman–Crippen LogP) is 0.809. The lowest BCUT2D eigenvalue weighted by Crippen LogP contribution is -2.53. The van der Waals surface area contributed by atoms with Crippen LogP contribution >= 0.6 is 0 Å². The Morgan fingerprint density at radius 2 is 2.06 bits per heavy atom. The normalized spacial score (nSPS) is 25.2. The Morgan fingerprint density at radius 3 is 2.67 bits per heavy atom. The molecule has 5 N–H and O–H groups in total. The number of nitrogens with two attached hydrogens (primary N) is 1. The van der Waals surface area contributed by atoms with Crippen LogP contribution in [0.4, 0.5) is 4.79 Å². The fraction of sp³-hybridized carbons (Fsp3) is 0.833. The Hall–Kier alpha value is -1.30. The number of carboxylic acids is 1. The first kappa shape index (κ1) is 14.8. The van der Waals surface area contributed by atoms with Gasteiger partial charge in [0.15, 0.2) is 0 Å². The minimum Gasteiger partial charge on any atom is -0.481 e. The molecule has 0 bridgehead atoms. The summed E-state index contributed by atoms with van der Waals surface area (Å²) in [6.07, 6.45) is 4.56. The van der Waals surface area contributed by atoms with Crippen LogP contribution in [0.15, 0.2) is 0 Å². The van der Waals surface area contributed by atoms with Gasteiger partial charge in [-0.2, -0.15) is 0 Å². The first-order valence-corrected chi connectivity index (χ1v) is 6.53. The number of aliphatic carboxylic acids is 1. The maximum absolute atomic E-state index is 11.7. The third kappa shape index (κ3) is 5.35. The second kappa shape index (κ2) is 7.20. The zero-order valence-corrected chi connectivity index (χ0v) is 10.8. The highest BCUT2D eigenvalue weighted by Gasteiger charge is 2.23. The summed E-state index contributed by atoms with van der Waals surface area (Å²) in [5, 5.41) is 14.1.